The number of thioether (sulfide) groups is 1. The van der Waals surface area contributed by atoms with Gasteiger partial charge in [0.25, 0.3) is 5.56 Å². The van der Waals surface area contributed by atoms with Crippen molar-refractivity contribution in [1.29, 1.82) is 0 Å². The van der Waals surface area contributed by atoms with Crippen molar-refractivity contribution in [2.24, 2.45) is 11.8 Å². The topological polar surface area (TPSA) is 92.4 Å². The Morgan fingerprint density at radius 3 is 2.36 bits per heavy atom. The maximum Gasteiger partial charge on any atom is 0.311 e. The molecule has 1 aromatic heterocycles. The van der Waals surface area contributed by atoms with Crippen molar-refractivity contribution in [2.45, 2.75) is 39.3 Å². The average molecular weight is 369 g/mol. The Morgan fingerprint density at radius 2 is 1.84 bits per heavy atom. The number of hydrogen-bond donors (Lipinski definition) is 1. The van der Waals surface area contributed by atoms with Crippen LogP contribution in [0.1, 0.15) is 33.4 Å². The number of carbonyl (C=O) groups is 2. The Balaban J connectivity index is 2.76. The number of carbonyl (C=O) groups excluding carboxylic acids is 2. The standard InChI is InChI=1S/C17H27N3O4S/c1-11(2)8-20(9-12(3)4)15(22)10-25-17-18-13(6-14(21)19-17)7-16(23)24-5/h6,11-12H,7-10H2,1-5H3,(H,18,19,21). The molecule has 8 heteroatoms. The summed E-state index contributed by atoms with van der Waals surface area (Å²) in [5.74, 6) is 0.492. The number of amides is 1. The van der Waals surface area contributed by atoms with Gasteiger partial charge in [-0.25, -0.2) is 4.98 Å². The minimum absolute atomic E-state index is 0.00780. The fourth-order valence-corrected chi connectivity index (χ4v) is 3.04. The van der Waals surface area contributed by atoms with E-state index >= 15 is 0 Å². The second-order valence-electron chi connectivity index (χ2n) is 6.67. The maximum atomic E-state index is 12.5. The summed E-state index contributed by atoms with van der Waals surface area (Å²) in [6.07, 6.45) is -0.0747. The molecule has 0 radical (unpaired) electrons. The van der Waals surface area contributed by atoms with Crippen LogP contribution in [0.3, 0.4) is 0 Å². The van der Waals surface area contributed by atoms with Crippen molar-refractivity contribution in [3.05, 3.63) is 22.1 Å². The lowest BCUT2D eigenvalue weighted by atomic mass is 10.1. The fraction of sp³-hybridized carbons (Fsp3) is 0.647. The Hall–Kier alpha value is -1.83. The zero-order valence-corrected chi connectivity index (χ0v) is 16.3. The van der Waals surface area contributed by atoms with Crippen molar-refractivity contribution in [3.8, 4) is 0 Å². The van der Waals surface area contributed by atoms with Crippen LogP contribution in [-0.2, 0) is 20.7 Å². The minimum Gasteiger partial charge on any atom is -0.469 e. The van der Waals surface area contributed by atoms with Gasteiger partial charge in [0.2, 0.25) is 5.91 Å². The summed E-state index contributed by atoms with van der Waals surface area (Å²) in [5, 5.41) is 0.328. The van der Waals surface area contributed by atoms with Crippen molar-refractivity contribution in [3.63, 3.8) is 0 Å². The van der Waals surface area contributed by atoms with E-state index in [0.29, 0.717) is 35.8 Å². The number of ether oxygens (including phenoxy) is 1. The van der Waals surface area contributed by atoms with Gasteiger partial charge in [-0.05, 0) is 11.8 Å². The van der Waals surface area contributed by atoms with Crippen LogP contribution in [0.5, 0.6) is 0 Å². The molecule has 0 bridgehead atoms. The quantitative estimate of drug-likeness (QED) is 0.405. The molecule has 140 valence electrons. The molecule has 25 heavy (non-hydrogen) atoms. The highest BCUT2D eigenvalue weighted by atomic mass is 32.2. The third-order valence-corrected chi connectivity index (χ3v) is 4.04. The molecular weight excluding hydrogens is 342 g/mol. The minimum atomic E-state index is -0.467. The zero-order valence-electron chi connectivity index (χ0n) is 15.5. The molecule has 0 spiro atoms. The monoisotopic (exact) mass is 369 g/mol. The molecule has 0 aliphatic carbocycles. The Kier molecular flexibility index (Phi) is 8.68. The van der Waals surface area contributed by atoms with Crippen molar-refractivity contribution in [2.75, 3.05) is 26.0 Å². The van der Waals surface area contributed by atoms with E-state index in [0.717, 1.165) is 11.8 Å². The van der Waals surface area contributed by atoms with Crippen LogP contribution >= 0.6 is 11.8 Å². The normalized spacial score (nSPS) is 11.0. The summed E-state index contributed by atoms with van der Waals surface area (Å²) in [4.78, 5) is 44.2. The average Bonchev–Trinajstić information content (AvgIpc) is 2.50. The number of methoxy groups -OCH3 is 1. The molecule has 0 unspecified atom stereocenters. The van der Waals surface area contributed by atoms with E-state index in [1.165, 1.54) is 13.2 Å². The van der Waals surface area contributed by atoms with Crippen LogP contribution in [0.25, 0.3) is 0 Å². The van der Waals surface area contributed by atoms with Gasteiger partial charge in [0.15, 0.2) is 5.16 Å². The highest BCUT2D eigenvalue weighted by Crippen LogP contribution is 2.14. The van der Waals surface area contributed by atoms with Crippen molar-refractivity contribution >= 4 is 23.6 Å². The largest absolute Gasteiger partial charge is 0.469 e. The number of aromatic amines is 1. The summed E-state index contributed by atoms with van der Waals surface area (Å²) < 4.78 is 4.58. The van der Waals surface area contributed by atoms with Crippen LogP contribution in [0.15, 0.2) is 16.0 Å². The molecular formula is C17H27N3O4S. The van der Waals surface area contributed by atoms with Gasteiger partial charge in [-0.1, -0.05) is 39.5 Å². The number of H-pyrrole nitrogens is 1. The molecule has 7 nitrogen and oxygen atoms in total. The van der Waals surface area contributed by atoms with E-state index in [1.54, 1.807) is 0 Å². The van der Waals surface area contributed by atoms with Gasteiger partial charge in [0, 0.05) is 19.2 Å². The first kappa shape index (κ1) is 21.2. The number of rotatable bonds is 9. The van der Waals surface area contributed by atoms with Gasteiger partial charge < -0.3 is 14.6 Å². The molecule has 0 fully saturated rings. The number of esters is 1. The third kappa shape index (κ3) is 8.20. The Morgan fingerprint density at radius 1 is 1.24 bits per heavy atom. The van der Waals surface area contributed by atoms with Gasteiger partial charge >= 0.3 is 5.97 Å². The smallest absolute Gasteiger partial charge is 0.311 e. The number of nitrogens with zero attached hydrogens (tertiary/aromatic N) is 2. The first-order valence-electron chi connectivity index (χ1n) is 8.28. The summed E-state index contributed by atoms with van der Waals surface area (Å²) in [6, 6.07) is 1.26. The zero-order chi connectivity index (χ0) is 19.0. The van der Waals surface area contributed by atoms with Crippen LogP contribution < -0.4 is 5.56 Å². The van der Waals surface area contributed by atoms with E-state index in [2.05, 4.69) is 42.4 Å². The van der Waals surface area contributed by atoms with Gasteiger partial charge in [-0.2, -0.15) is 0 Å². The van der Waals surface area contributed by atoms with Gasteiger partial charge in [0.05, 0.1) is 25.0 Å². The fourth-order valence-electron chi connectivity index (χ4n) is 2.24. The lowest BCUT2D eigenvalue weighted by Crippen LogP contribution is -2.38. The summed E-state index contributed by atoms with van der Waals surface area (Å²) in [6.45, 7) is 9.69. The highest BCUT2D eigenvalue weighted by molar-refractivity contribution is 7.99. The lowest BCUT2D eigenvalue weighted by Gasteiger charge is -2.26. The molecule has 1 N–H and O–H groups in total. The van der Waals surface area contributed by atoms with Crippen LogP contribution in [0, 0.1) is 11.8 Å². The molecule has 1 rings (SSSR count). The van der Waals surface area contributed by atoms with E-state index in [-0.39, 0.29) is 23.6 Å². The van der Waals surface area contributed by atoms with E-state index in [4.69, 9.17) is 0 Å². The second-order valence-corrected chi connectivity index (χ2v) is 7.63. The molecule has 0 aromatic carbocycles. The van der Waals surface area contributed by atoms with E-state index in [1.807, 2.05) is 4.90 Å². The number of nitrogens with one attached hydrogen (secondary N) is 1. The number of aromatic nitrogens is 2. The molecule has 0 saturated heterocycles. The van der Waals surface area contributed by atoms with Crippen LogP contribution in [-0.4, -0.2) is 52.7 Å². The second kappa shape index (κ2) is 10.2. The summed E-state index contributed by atoms with van der Waals surface area (Å²) in [7, 11) is 1.28. The third-order valence-electron chi connectivity index (χ3n) is 3.18. The predicted molar refractivity (Wildman–Crippen MR) is 97.6 cm³/mol. The molecule has 1 heterocycles. The summed E-state index contributed by atoms with van der Waals surface area (Å²) >= 11 is 1.16. The molecule has 0 aliphatic rings. The van der Waals surface area contributed by atoms with Gasteiger partial charge in [0.1, 0.15) is 0 Å². The first-order valence-corrected chi connectivity index (χ1v) is 9.27. The molecule has 0 atom stereocenters. The van der Waals surface area contributed by atoms with E-state index < -0.39 is 5.97 Å². The number of hydrogen-bond acceptors (Lipinski definition) is 6. The van der Waals surface area contributed by atoms with Gasteiger partial charge in [-0.15, -0.1) is 0 Å². The van der Waals surface area contributed by atoms with Gasteiger partial charge in [-0.3, -0.25) is 14.4 Å². The molecule has 1 amide bonds. The van der Waals surface area contributed by atoms with Crippen molar-refractivity contribution in [1.82, 2.24) is 14.9 Å². The van der Waals surface area contributed by atoms with Crippen molar-refractivity contribution < 1.29 is 14.3 Å². The maximum absolute atomic E-state index is 12.5. The predicted octanol–water partition coefficient (Wildman–Crippen LogP) is 1.72. The lowest BCUT2D eigenvalue weighted by molar-refractivity contribution is -0.139. The SMILES string of the molecule is COC(=O)Cc1cc(=O)[nH]c(SCC(=O)N(CC(C)C)CC(C)C)n1. The highest BCUT2D eigenvalue weighted by Gasteiger charge is 2.17. The summed E-state index contributed by atoms with van der Waals surface area (Å²) in [5.41, 5.74) is -0.0307. The first-order chi connectivity index (χ1) is 11.7. The van der Waals surface area contributed by atoms with E-state index in [9.17, 15) is 14.4 Å². The Labute approximate surface area is 152 Å². The Bertz CT molecular complexity index is 633. The van der Waals surface area contributed by atoms with Crippen LogP contribution in [0.4, 0.5) is 0 Å². The van der Waals surface area contributed by atoms with Crippen LogP contribution in [0.2, 0.25) is 0 Å². The molecule has 0 aliphatic heterocycles. The molecule has 0 saturated carbocycles. The molecule has 1 aromatic rings.